The summed E-state index contributed by atoms with van der Waals surface area (Å²) in [6, 6.07) is 1.92. The van der Waals surface area contributed by atoms with Gasteiger partial charge in [-0.05, 0) is 12.8 Å². The SMILES string of the molecule is O=C1[C@@H]2CC=C(Cl)C[C@H]2C(=O)N1c1cc([N+](=O)[O-])cc(Cl)c1O. The van der Waals surface area contributed by atoms with E-state index in [2.05, 4.69) is 0 Å². The van der Waals surface area contributed by atoms with Crippen LogP contribution in [0.2, 0.25) is 5.02 Å². The molecule has 7 nitrogen and oxygen atoms in total. The largest absolute Gasteiger partial charge is 0.504 e. The van der Waals surface area contributed by atoms with Crippen molar-refractivity contribution in [3.05, 3.63) is 38.4 Å². The lowest BCUT2D eigenvalue weighted by molar-refractivity contribution is -0.384. The number of phenolic OH excluding ortho intramolecular Hbond substituents is 1. The average Bonchev–Trinajstić information content (AvgIpc) is 2.73. The van der Waals surface area contributed by atoms with Gasteiger partial charge in [0.2, 0.25) is 11.8 Å². The van der Waals surface area contributed by atoms with E-state index in [1.807, 2.05) is 0 Å². The maximum atomic E-state index is 12.5. The zero-order chi connectivity index (χ0) is 16.9. The molecule has 0 spiro atoms. The Morgan fingerprint density at radius 1 is 1.22 bits per heavy atom. The molecule has 1 aliphatic carbocycles. The number of nitro groups is 1. The Bertz CT molecular complexity index is 777. The number of allylic oxidation sites excluding steroid dienone is 2. The highest BCUT2D eigenvalue weighted by Gasteiger charge is 2.50. The van der Waals surface area contributed by atoms with E-state index in [1.165, 1.54) is 0 Å². The fraction of sp³-hybridized carbons (Fsp3) is 0.286. The first kappa shape index (κ1) is 15.8. The minimum atomic E-state index is -0.717. The first-order chi connectivity index (χ1) is 10.8. The highest BCUT2D eigenvalue weighted by atomic mass is 35.5. The second kappa shape index (κ2) is 5.50. The quantitative estimate of drug-likeness (QED) is 0.498. The normalized spacial score (nSPS) is 23.7. The van der Waals surface area contributed by atoms with E-state index in [4.69, 9.17) is 23.2 Å². The van der Waals surface area contributed by atoms with Crippen LogP contribution in [0.1, 0.15) is 12.8 Å². The number of nitrogens with zero attached hydrogens (tertiary/aromatic N) is 2. The fourth-order valence-electron chi connectivity index (χ4n) is 2.91. The predicted molar refractivity (Wildman–Crippen MR) is 82.4 cm³/mol. The number of fused-ring (bicyclic) bond motifs is 1. The molecule has 1 N–H and O–H groups in total. The van der Waals surface area contributed by atoms with E-state index in [0.717, 1.165) is 17.0 Å². The molecule has 1 aliphatic heterocycles. The van der Waals surface area contributed by atoms with Crippen LogP contribution in [-0.4, -0.2) is 21.8 Å². The highest BCUT2D eigenvalue weighted by molar-refractivity contribution is 6.34. The molecule has 2 aliphatic rings. The Kier molecular flexibility index (Phi) is 3.77. The maximum Gasteiger partial charge on any atom is 0.273 e. The number of aromatic hydroxyl groups is 1. The predicted octanol–water partition coefficient (Wildman–Crippen LogP) is 2.98. The lowest BCUT2D eigenvalue weighted by Gasteiger charge is -2.17. The molecule has 1 aromatic carbocycles. The van der Waals surface area contributed by atoms with Crippen molar-refractivity contribution < 1.29 is 19.6 Å². The Labute approximate surface area is 140 Å². The molecular weight excluding hydrogens is 347 g/mol. The molecule has 120 valence electrons. The summed E-state index contributed by atoms with van der Waals surface area (Å²) in [5, 5.41) is 21.2. The Morgan fingerprint density at radius 2 is 1.87 bits per heavy atom. The van der Waals surface area contributed by atoms with Gasteiger partial charge < -0.3 is 5.11 Å². The summed E-state index contributed by atoms with van der Waals surface area (Å²) < 4.78 is 0. The average molecular weight is 357 g/mol. The minimum absolute atomic E-state index is 0.233. The third kappa shape index (κ3) is 2.46. The molecule has 2 amide bonds. The van der Waals surface area contributed by atoms with E-state index in [0.29, 0.717) is 11.5 Å². The van der Waals surface area contributed by atoms with Gasteiger partial charge in [0.15, 0.2) is 5.75 Å². The summed E-state index contributed by atoms with van der Waals surface area (Å²) in [6.45, 7) is 0. The van der Waals surface area contributed by atoms with Crippen molar-refractivity contribution in [3.8, 4) is 5.75 Å². The number of halogens is 2. The topological polar surface area (TPSA) is 101 Å². The molecule has 1 saturated heterocycles. The first-order valence-electron chi connectivity index (χ1n) is 6.70. The van der Waals surface area contributed by atoms with Gasteiger partial charge >= 0.3 is 0 Å². The Hall–Kier alpha value is -2.12. The van der Waals surface area contributed by atoms with Crippen molar-refractivity contribution in [2.24, 2.45) is 11.8 Å². The number of carbonyl (C=O) groups is 2. The Morgan fingerprint density at radius 3 is 2.52 bits per heavy atom. The number of imide groups is 1. The van der Waals surface area contributed by atoms with Crippen molar-refractivity contribution in [1.82, 2.24) is 0 Å². The molecule has 0 bridgehead atoms. The van der Waals surface area contributed by atoms with Crippen molar-refractivity contribution in [2.45, 2.75) is 12.8 Å². The van der Waals surface area contributed by atoms with Crippen LogP contribution in [-0.2, 0) is 9.59 Å². The number of non-ortho nitro benzene ring substituents is 1. The molecule has 3 rings (SSSR count). The van der Waals surface area contributed by atoms with Crippen LogP contribution in [0.25, 0.3) is 0 Å². The van der Waals surface area contributed by atoms with Crippen LogP contribution in [0.15, 0.2) is 23.2 Å². The molecule has 0 saturated carbocycles. The van der Waals surface area contributed by atoms with Gasteiger partial charge in [0.1, 0.15) is 5.69 Å². The van der Waals surface area contributed by atoms with Gasteiger partial charge in [-0.25, -0.2) is 4.90 Å². The smallest absolute Gasteiger partial charge is 0.273 e. The van der Waals surface area contributed by atoms with E-state index in [9.17, 15) is 24.8 Å². The number of hydrogen-bond donors (Lipinski definition) is 1. The van der Waals surface area contributed by atoms with Crippen LogP contribution in [0, 0.1) is 22.0 Å². The van der Waals surface area contributed by atoms with Crippen molar-refractivity contribution >= 4 is 46.4 Å². The molecule has 0 aromatic heterocycles. The van der Waals surface area contributed by atoms with Crippen LogP contribution in [0.5, 0.6) is 5.75 Å². The molecule has 1 heterocycles. The minimum Gasteiger partial charge on any atom is -0.504 e. The molecule has 1 aromatic rings. The second-order valence-corrected chi connectivity index (χ2v) is 6.26. The van der Waals surface area contributed by atoms with E-state index >= 15 is 0 Å². The van der Waals surface area contributed by atoms with Crippen molar-refractivity contribution in [2.75, 3.05) is 4.90 Å². The van der Waals surface area contributed by atoms with Gasteiger partial charge in [0.05, 0.1) is 21.8 Å². The molecule has 23 heavy (non-hydrogen) atoms. The lowest BCUT2D eigenvalue weighted by Crippen LogP contribution is -2.31. The van der Waals surface area contributed by atoms with E-state index in [-0.39, 0.29) is 17.1 Å². The molecule has 2 atom stereocenters. The van der Waals surface area contributed by atoms with Crippen LogP contribution < -0.4 is 4.90 Å². The summed E-state index contributed by atoms with van der Waals surface area (Å²) in [6.07, 6.45) is 2.22. The highest BCUT2D eigenvalue weighted by Crippen LogP contribution is 2.45. The van der Waals surface area contributed by atoms with E-state index in [1.54, 1.807) is 6.08 Å². The van der Waals surface area contributed by atoms with Crippen molar-refractivity contribution in [1.29, 1.82) is 0 Å². The number of amides is 2. The number of rotatable bonds is 2. The van der Waals surface area contributed by atoms with Gasteiger partial charge in [0, 0.05) is 17.2 Å². The van der Waals surface area contributed by atoms with Crippen LogP contribution in [0.4, 0.5) is 11.4 Å². The fourth-order valence-corrected chi connectivity index (χ4v) is 3.38. The number of benzene rings is 1. The van der Waals surface area contributed by atoms with Gasteiger partial charge in [-0.2, -0.15) is 0 Å². The number of phenols is 1. The maximum absolute atomic E-state index is 12.5. The van der Waals surface area contributed by atoms with Gasteiger partial charge in [-0.1, -0.05) is 29.3 Å². The zero-order valence-electron chi connectivity index (χ0n) is 11.5. The number of carbonyl (C=O) groups excluding carboxylic acids is 2. The number of hydrogen-bond acceptors (Lipinski definition) is 5. The summed E-state index contributed by atoms with van der Waals surface area (Å²) in [5.41, 5.74) is -0.695. The molecule has 0 unspecified atom stereocenters. The number of anilines is 1. The summed E-state index contributed by atoms with van der Waals surface area (Å²) >= 11 is 11.7. The van der Waals surface area contributed by atoms with E-state index < -0.39 is 40.0 Å². The third-order valence-corrected chi connectivity index (χ3v) is 4.65. The summed E-state index contributed by atoms with van der Waals surface area (Å²) in [7, 11) is 0. The van der Waals surface area contributed by atoms with Gasteiger partial charge in [-0.15, -0.1) is 0 Å². The molecule has 9 heteroatoms. The summed E-state index contributed by atoms with van der Waals surface area (Å²) in [5.74, 6) is -2.82. The Balaban J connectivity index is 2.08. The summed E-state index contributed by atoms with van der Waals surface area (Å²) in [4.78, 5) is 36.0. The van der Waals surface area contributed by atoms with Crippen molar-refractivity contribution in [3.63, 3.8) is 0 Å². The zero-order valence-corrected chi connectivity index (χ0v) is 13.0. The second-order valence-electron chi connectivity index (χ2n) is 5.37. The lowest BCUT2D eigenvalue weighted by atomic mass is 9.85. The van der Waals surface area contributed by atoms with Gasteiger partial charge in [-0.3, -0.25) is 19.7 Å². The monoisotopic (exact) mass is 356 g/mol. The van der Waals surface area contributed by atoms with Crippen LogP contribution in [0.3, 0.4) is 0 Å². The molecular formula is C14H10Cl2N2O5. The van der Waals surface area contributed by atoms with Crippen LogP contribution >= 0.6 is 23.2 Å². The molecule has 1 fully saturated rings. The number of nitro benzene ring substituents is 1. The first-order valence-corrected chi connectivity index (χ1v) is 7.46. The van der Waals surface area contributed by atoms with Gasteiger partial charge in [0.25, 0.3) is 5.69 Å². The molecule has 0 radical (unpaired) electrons. The third-order valence-electron chi connectivity index (χ3n) is 4.05. The standard InChI is InChI=1S/C14H10Cl2N2O5/c15-6-1-2-8-9(3-6)14(21)17(13(8)20)11-5-7(18(22)23)4-10(16)12(11)19/h1,4-5,8-9,19H,2-3H2/t8-,9-/m1/s1.